The maximum atomic E-state index is 7.36. The average Bonchev–Trinajstić information content (AvgIpc) is 3.46. The molecule has 5 rings (SSSR count). The molecule has 1 saturated heterocycles. The van der Waals surface area contributed by atoms with Gasteiger partial charge in [0.05, 0.1) is 32.0 Å². The Morgan fingerprint density at radius 2 is 1.43 bits per heavy atom. The van der Waals surface area contributed by atoms with Crippen LogP contribution >= 0.6 is 0 Å². The molecule has 0 spiro atoms. The third-order valence-electron chi connectivity index (χ3n) is 8.30. The number of rotatable bonds is 13. The van der Waals surface area contributed by atoms with E-state index in [0.717, 1.165) is 12.0 Å². The quantitative estimate of drug-likeness (QED) is 0.168. The molecule has 1 aliphatic carbocycles. The van der Waals surface area contributed by atoms with Gasteiger partial charge in [0.25, 0.3) is 8.32 Å². The van der Waals surface area contributed by atoms with Crippen LogP contribution in [0.1, 0.15) is 32.8 Å². The lowest BCUT2D eigenvalue weighted by atomic mass is 9.98. The summed E-state index contributed by atoms with van der Waals surface area (Å²) in [4.78, 5) is 0. The Balaban J connectivity index is 1.43. The van der Waals surface area contributed by atoms with Crippen molar-refractivity contribution >= 4 is 18.7 Å². The highest BCUT2D eigenvalue weighted by Crippen LogP contribution is 2.49. The first-order valence-electron chi connectivity index (χ1n) is 14.1. The Hall–Kier alpha value is -2.36. The molecular weight excluding hydrogens is 520 g/mol. The summed E-state index contributed by atoms with van der Waals surface area (Å²) in [5.74, 6) is 0.199. The molecule has 0 amide bonds. The second-order valence-electron chi connectivity index (χ2n) is 11.8. The highest BCUT2D eigenvalue weighted by Gasteiger charge is 2.64. The highest BCUT2D eigenvalue weighted by molar-refractivity contribution is 6.99. The van der Waals surface area contributed by atoms with Crippen LogP contribution in [0.5, 0.6) is 0 Å². The van der Waals surface area contributed by atoms with Crippen molar-refractivity contribution in [3.8, 4) is 0 Å². The van der Waals surface area contributed by atoms with Gasteiger partial charge >= 0.3 is 0 Å². The van der Waals surface area contributed by atoms with Gasteiger partial charge in [-0.3, -0.25) is 0 Å². The van der Waals surface area contributed by atoms with Gasteiger partial charge in [0, 0.05) is 13.0 Å². The zero-order valence-electron chi connectivity index (χ0n) is 24.1. The number of ether oxygens (including phenoxy) is 5. The molecule has 6 nitrogen and oxygen atoms in total. The van der Waals surface area contributed by atoms with E-state index < -0.39 is 13.9 Å². The maximum absolute atomic E-state index is 7.36. The second-order valence-corrected chi connectivity index (χ2v) is 16.1. The van der Waals surface area contributed by atoms with E-state index >= 15 is 0 Å². The SMILES string of the molecule is COCOC1CC2COC1(CO[Si](c1ccccc1)(c1ccccc1)C(C)(C)C)C2OCOCc1ccccc1. The van der Waals surface area contributed by atoms with Gasteiger partial charge in [-0.25, -0.2) is 0 Å². The Labute approximate surface area is 239 Å². The first kappa shape index (κ1) is 29.1. The van der Waals surface area contributed by atoms with E-state index in [2.05, 4.69) is 93.6 Å². The van der Waals surface area contributed by atoms with Crippen molar-refractivity contribution < 1.29 is 28.1 Å². The molecule has 3 aromatic rings. The molecular formula is C33H42O6Si. The Kier molecular flexibility index (Phi) is 9.22. The molecule has 40 heavy (non-hydrogen) atoms. The maximum Gasteiger partial charge on any atom is 0.261 e. The second kappa shape index (κ2) is 12.7. The van der Waals surface area contributed by atoms with Crippen molar-refractivity contribution in [1.82, 2.24) is 0 Å². The monoisotopic (exact) mass is 562 g/mol. The number of fused-ring (bicyclic) bond motifs is 2. The highest BCUT2D eigenvalue weighted by atomic mass is 28.4. The van der Waals surface area contributed by atoms with E-state index in [-0.39, 0.29) is 36.7 Å². The van der Waals surface area contributed by atoms with Crippen LogP contribution in [-0.4, -0.2) is 60.0 Å². The van der Waals surface area contributed by atoms with E-state index in [1.54, 1.807) is 7.11 Å². The standard InChI is InChI=1S/C33H42O6Si/c1-32(2,3)40(28-16-10-6-11-17-28,29-18-12-7-13-19-29)39-23-33-30(36-24-34-4)20-27(22-38-33)31(33)37-25-35-21-26-14-8-5-9-15-26/h5-19,27,30-31H,20-25H2,1-4H3. The van der Waals surface area contributed by atoms with Gasteiger partial charge in [0.1, 0.15) is 19.2 Å². The van der Waals surface area contributed by atoms with Crippen molar-refractivity contribution in [3.63, 3.8) is 0 Å². The normalized spacial score (nSPS) is 24.4. The molecule has 0 N–H and O–H groups in total. The first-order valence-corrected chi connectivity index (χ1v) is 16.0. The molecule has 0 radical (unpaired) electrons. The predicted octanol–water partition coefficient (Wildman–Crippen LogP) is 4.90. The molecule has 2 aliphatic rings. The molecule has 1 aliphatic heterocycles. The van der Waals surface area contributed by atoms with Gasteiger partial charge in [-0.05, 0) is 27.4 Å². The summed E-state index contributed by atoms with van der Waals surface area (Å²) < 4.78 is 37.9. The zero-order chi connectivity index (χ0) is 28.1. The van der Waals surface area contributed by atoms with E-state index in [0.29, 0.717) is 19.8 Å². The van der Waals surface area contributed by atoms with Gasteiger partial charge in [-0.1, -0.05) is 112 Å². The number of methoxy groups -OCH3 is 1. The van der Waals surface area contributed by atoms with Gasteiger partial charge in [0.15, 0.2) is 0 Å². The average molecular weight is 563 g/mol. The topological polar surface area (TPSA) is 55.4 Å². The van der Waals surface area contributed by atoms with Crippen molar-refractivity contribution in [1.29, 1.82) is 0 Å². The summed E-state index contributed by atoms with van der Waals surface area (Å²) in [6, 6.07) is 31.5. The summed E-state index contributed by atoms with van der Waals surface area (Å²) in [5.41, 5.74) is 0.356. The largest absolute Gasteiger partial charge is 0.404 e. The molecule has 4 unspecified atom stereocenters. The number of benzene rings is 3. The Morgan fingerprint density at radius 3 is 2.00 bits per heavy atom. The van der Waals surface area contributed by atoms with Crippen LogP contribution in [0.2, 0.25) is 5.04 Å². The fourth-order valence-electron chi connectivity index (χ4n) is 6.46. The lowest BCUT2D eigenvalue weighted by Crippen LogP contribution is -2.68. The molecule has 4 atom stereocenters. The van der Waals surface area contributed by atoms with Crippen LogP contribution in [0.15, 0.2) is 91.0 Å². The molecule has 7 heteroatoms. The van der Waals surface area contributed by atoms with E-state index in [1.807, 2.05) is 18.2 Å². The minimum Gasteiger partial charge on any atom is -0.404 e. The molecule has 3 aromatic carbocycles. The van der Waals surface area contributed by atoms with Crippen LogP contribution in [0.4, 0.5) is 0 Å². The van der Waals surface area contributed by atoms with E-state index in [1.165, 1.54) is 10.4 Å². The van der Waals surface area contributed by atoms with Gasteiger partial charge in [-0.15, -0.1) is 0 Å². The van der Waals surface area contributed by atoms with Crippen molar-refractivity contribution in [2.75, 3.05) is 33.9 Å². The molecule has 1 heterocycles. The minimum absolute atomic E-state index is 0.152. The summed E-state index contributed by atoms with van der Waals surface area (Å²) in [6.45, 7) is 8.69. The van der Waals surface area contributed by atoms with Crippen molar-refractivity contribution in [2.45, 2.75) is 56.6 Å². The minimum atomic E-state index is -2.79. The number of hydrogen-bond donors (Lipinski definition) is 0. The summed E-state index contributed by atoms with van der Waals surface area (Å²) in [6.07, 6.45) is 0.420. The lowest BCUT2D eigenvalue weighted by molar-refractivity contribution is -0.209. The van der Waals surface area contributed by atoms with Crippen molar-refractivity contribution in [2.24, 2.45) is 5.92 Å². The van der Waals surface area contributed by atoms with Gasteiger partial charge in [0.2, 0.25) is 0 Å². The fraction of sp³-hybridized carbons (Fsp3) is 0.455. The third-order valence-corrected chi connectivity index (χ3v) is 13.3. The lowest BCUT2D eigenvalue weighted by Gasteiger charge is -2.46. The van der Waals surface area contributed by atoms with Crippen LogP contribution < -0.4 is 10.4 Å². The fourth-order valence-corrected chi connectivity index (χ4v) is 11.1. The summed E-state index contributed by atoms with van der Waals surface area (Å²) >= 11 is 0. The van der Waals surface area contributed by atoms with Gasteiger partial charge < -0.3 is 28.1 Å². The smallest absolute Gasteiger partial charge is 0.261 e. The third kappa shape index (κ3) is 5.70. The van der Waals surface area contributed by atoms with E-state index in [4.69, 9.17) is 28.1 Å². The van der Waals surface area contributed by atoms with Crippen LogP contribution in [-0.2, 0) is 34.7 Å². The summed E-state index contributed by atoms with van der Waals surface area (Å²) in [7, 11) is -1.14. The van der Waals surface area contributed by atoms with Gasteiger partial charge in [-0.2, -0.15) is 0 Å². The first-order chi connectivity index (χ1) is 19.4. The van der Waals surface area contributed by atoms with E-state index in [9.17, 15) is 0 Å². The molecule has 2 fully saturated rings. The summed E-state index contributed by atoms with van der Waals surface area (Å²) in [5, 5.41) is 2.31. The molecule has 0 aromatic heterocycles. The Bertz CT molecular complexity index is 1150. The number of hydrogen-bond acceptors (Lipinski definition) is 6. The van der Waals surface area contributed by atoms with Crippen LogP contribution in [0, 0.1) is 5.92 Å². The van der Waals surface area contributed by atoms with Crippen LogP contribution in [0.25, 0.3) is 0 Å². The van der Waals surface area contributed by atoms with Crippen LogP contribution in [0.3, 0.4) is 0 Å². The van der Waals surface area contributed by atoms with Crippen molar-refractivity contribution in [3.05, 3.63) is 96.6 Å². The zero-order valence-corrected chi connectivity index (χ0v) is 25.1. The predicted molar refractivity (Wildman–Crippen MR) is 158 cm³/mol. The Morgan fingerprint density at radius 1 is 0.825 bits per heavy atom. The molecule has 214 valence electrons. The molecule has 2 bridgehead atoms. The molecule has 1 saturated carbocycles.